The van der Waals surface area contributed by atoms with Gasteiger partial charge < -0.3 is 10.1 Å². The maximum absolute atomic E-state index is 11.9. The average Bonchev–Trinajstić information content (AvgIpc) is 2.54. The quantitative estimate of drug-likeness (QED) is 0.758. The molecule has 2 aromatic rings. The van der Waals surface area contributed by atoms with E-state index in [2.05, 4.69) is 5.32 Å². The molecule has 0 atom stereocenters. The number of benzene rings is 2. The molecule has 0 bridgehead atoms. The van der Waals surface area contributed by atoms with Gasteiger partial charge in [0.25, 0.3) is 5.91 Å². The first-order valence-corrected chi connectivity index (χ1v) is 8.22. The molecule has 126 valence electrons. The van der Waals surface area contributed by atoms with Crippen LogP contribution in [-0.2, 0) is 16.0 Å². The third-order valence-electron chi connectivity index (χ3n) is 3.13. The van der Waals surface area contributed by atoms with Crippen LogP contribution < -0.4 is 5.32 Å². The van der Waals surface area contributed by atoms with Gasteiger partial charge in [0.15, 0.2) is 6.61 Å². The highest BCUT2D eigenvalue weighted by Crippen LogP contribution is 2.21. The van der Waals surface area contributed by atoms with Crippen LogP contribution in [0.15, 0.2) is 42.5 Å². The van der Waals surface area contributed by atoms with E-state index in [0.717, 1.165) is 5.56 Å². The number of hydrogen-bond donors (Lipinski definition) is 1. The second-order valence-electron chi connectivity index (χ2n) is 4.93. The van der Waals surface area contributed by atoms with Gasteiger partial charge in [0, 0.05) is 16.6 Å². The number of carbonyl (C=O) groups is 2. The number of esters is 1. The van der Waals surface area contributed by atoms with Crippen LogP contribution >= 0.6 is 34.8 Å². The summed E-state index contributed by atoms with van der Waals surface area (Å²) in [5.41, 5.74) is 1.21. The van der Waals surface area contributed by atoms with Crippen LogP contribution in [0.2, 0.25) is 15.1 Å². The van der Waals surface area contributed by atoms with Crippen molar-refractivity contribution in [1.82, 2.24) is 5.32 Å². The molecule has 0 saturated carbocycles. The first-order chi connectivity index (χ1) is 11.5. The number of amides is 1. The first kappa shape index (κ1) is 18.6. The third kappa shape index (κ3) is 5.71. The highest BCUT2D eigenvalue weighted by molar-refractivity contribution is 6.36. The smallest absolute Gasteiger partial charge is 0.340 e. The predicted octanol–water partition coefficient (Wildman–Crippen LogP) is 4.16. The van der Waals surface area contributed by atoms with Crippen molar-refractivity contribution < 1.29 is 14.3 Å². The van der Waals surface area contributed by atoms with Crippen LogP contribution in [0, 0.1) is 0 Å². The molecule has 0 aliphatic carbocycles. The minimum Gasteiger partial charge on any atom is -0.452 e. The SMILES string of the molecule is O=C(COC(=O)c1ccc(Cl)cc1Cl)NCCc1ccc(Cl)cc1. The van der Waals surface area contributed by atoms with Crippen LogP contribution in [-0.4, -0.2) is 25.0 Å². The molecule has 0 radical (unpaired) electrons. The summed E-state index contributed by atoms with van der Waals surface area (Å²) in [5, 5.41) is 3.93. The van der Waals surface area contributed by atoms with E-state index in [0.29, 0.717) is 23.0 Å². The van der Waals surface area contributed by atoms with E-state index >= 15 is 0 Å². The van der Waals surface area contributed by atoms with Crippen LogP contribution in [0.25, 0.3) is 0 Å². The molecule has 0 unspecified atom stereocenters. The lowest BCUT2D eigenvalue weighted by Gasteiger charge is -2.08. The van der Waals surface area contributed by atoms with E-state index in [1.165, 1.54) is 18.2 Å². The molecule has 4 nitrogen and oxygen atoms in total. The molecule has 0 aliphatic heterocycles. The third-order valence-corrected chi connectivity index (χ3v) is 3.93. The summed E-state index contributed by atoms with van der Waals surface area (Å²) in [6, 6.07) is 11.8. The van der Waals surface area contributed by atoms with Gasteiger partial charge in [0.1, 0.15) is 0 Å². The maximum Gasteiger partial charge on any atom is 0.340 e. The zero-order chi connectivity index (χ0) is 17.5. The summed E-state index contributed by atoms with van der Waals surface area (Å²) in [6.45, 7) is 0.0537. The van der Waals surface area contributed by atoms with Gasteiger partial charge in [0.05, 0.1) is 10.6 Å². The van der Waals surface area contributed by atoms with Gasteiger partial charge >= 0.3 is 5.97 Å². The number of halogens is 3. The fourth-order valence-corrected chi connectivity index (χ4v) is 2.52. The lowest BCUT2D eigenvalue weighted by Crippen LogP contribution is -2.30. The standard InChI is InChI=1S/C17H14Cl3NO3/c18-12-3-1-11(2-4-12)7-8-21-16(22)10-24-17(23)14-6-5-13(19)9-15(14)20/h1-6,9H,7-8,10H2,(H,21,22). The molecule has 2 aromatic carbocycles. The molecule has 2 rings (SSSR count). The zero-order valence-electron chi connectivity index (χ0n) is 12.5. The lowest BCUT2D eigenvalue weighted by atomic mass is 10.1. The zero-order valence-corrected chi connectivity index (χ0v) is 14.8. The van der Waals surface area contributed by atoms with Crippen molar-refractivity contribution in [2.24, 2.45) is 0 Å². The molecule has 7 heteroatoms. The fourth-order valence-electron chi connectivity index (χ4n) is 1.91. The van der Waals surface area contributed by atoms with Crippen molar-refractivity contribution in [3.05, 3.63) is 68.7 Å². The number of rotatable bonds is 6. The molecule has 0 heterocycles. The van der Waals surface area contributed by atoms with Crippen LogP contribution in [0.4, 0.5) is 0 Å². The van der Waals surface area contributed by atoms with Crippen molar-refractivity contribution in [3.63, 3.8) is 0 Å². The number of carbonyl (C=O) groups excluding carboxylic acids is 2. The van der Waals surface area contributed by atoms with E-state index in [-0.39, 0.29) is 23.1 Å². The summed E-state index contributed by atoms with van der Waals surface area (Å²) in [4.78, 5) is 23.6. The van der Waals surface area contributed by atoms with Crippen molar-refractivity contribution >= 4 is 46.7 Å². The Balaban J connectivity index is 1.74. The Kier molecular flexibility index (Phi) is 6.91. The van der Waals surface area contributed by atoms with Crippen LogP contribution in [0.3, 0.4) is 0 Å². The van der Waals surface area contributed by atoms with Crippen molar-refractivity contribution in [2.75, 3.05) is 13.2 Å². The second-order valence-corrected chi connectivity index (χ2v) is 6.21. The van der Waals surface area contributed by atoms with Crippen molar-refractivity contribution in [2.45, 2.75) is 6.42 Å². The summed E-state index contributed by atoms with van der Waals surface area (Å²) in [5.74, 6) is -1.06. The van der Waals surface area contributed by atoms with Gasteiger partial charge in [-0.05, 0) is 42.3 Å². The molecule has 1 N–H and O–H groups in total. The van der Waals surface area contributed by atoms with Gasteiger partial charge in [-0.15, -0.1) is 0 Å². The van der Waals surface area contributed by atoms with Crippen LogP contribution in [0.5, 0.6) is 0 Å². The topological polar surface area (TPSA) is 55.4 Å². The molecular weight excluding hydrogens is 373 g/mol. The first-order valence-electron chi connectivity index (χ1n) is 7.09. The number of ether oxygens (including phenoxy) is 1. The van der Waals surface area contributed by atoms with Crippen molar-refractivity contribution in [3.8, 4) is 0 Å². The molecular formula is C17H14Cl3NO3. The molecule has 0 aromatic heterocycles. The summed E-state index contributed by atoms with van der Waals surface area (Å²) < 4.78 is 4.93. The van der Waals surface area contributed by atoms with Gasteiger partial charge in [0.2, 0.25) is 0 Å². The largest absolute Gasteiger partial charge is 0.452 e. The Bertz CT molecular complexity index is 732. The van der Waals surface area contributed by atoms with Crippen LogP contribution in [0.1, 0.15) is 15.9 Å². The minimum absolute atomic E-state index is 0.162. The van der Waals surface area contributed by atoms with Gasteiger partial charge in [-0.25, -0.2) is 4.79 Å². The molecule has 0 aliphatic rings. The number of hydrogen-bond acceptors (Lipinski definition) is 3. The van der Waals surface area contributed by atoms with E-state index in [9.17, 15) is 9.59 Å². The molecule has 0 spiro atoms. The highest BCUT2D eigenvalue weighted by Gasteiger charge is 2.13. The Hall–Kier alpha value is -1.75. The number of nitrogens with one attached hydrogen (secondary N) is 1. The fraction of sp³-hybridized carbons (Fsp3) is 0.176. The van der Waals surface area contributed by atoms with E-state index in [1.54, 1.807) is 12.1 Å². The van der Waals surface area contributed by atoms with Crippen molar-refractivity contribution in [1.29, 1.82) is 0 Å². The Morgan fingerprint density at radius 1 is 0.958 bits per heavy atom. The monoisotopic (exact) mass is 385 g/mol. The summed E-state index contributed by atoms with van der Waals surface area (Å²) in [6.07, 6.45) is 0.653. The van der Waals surface area contributed by atoms with E-state index < -0.39 is 5.97 Å². The normalized spacial score (nSPS) is 10.3. The second kappa shape index (κ2) is 8.92. The Morgan fingerprint density at radius 3 is 2.29 bits per heavy atom. The van der Waals surface area contributed by atoms with E-state index in [1.807, 2.05) is 12.1 Å². The molecule has 0 fully saturated rings. The molecule has 1 amide bonds. The molecule has 0 saturated heterocycles. The highest BCUT2D eigenvalue weighted by atomic mass is 35.5. The van der Waals surface area contributed by atoms with Gasteiger partial charge in [-0.1, -0.05) is 46.9 Å². The lowest BCUT2D eigenvalue weighted by molar-refractivity contribution is -0.124. The van der Waals surface area contributed by atoms with E-state index in [4.69, 9.17) is 39.5 Å². The van der Waals surface area contributed by atoms with Gasteiger partial charge in [-0.2, -0.15) is 0 Å². The van der Waals surface area contributed by atoms with Gasteiger partial charge in [-0.3, -0.25) is 4.79 Å². The summed E-state index contributed by atoms with van der Waals surface area (Å²) >= 11 is 17.5. The molecule has 24 heavy (non-hydrogen) atoms. The average molecular weight is 387 g/mol. The minimum atomic E-state index is -0.676. The Morgan fingerprint density at radius 2 is 1.62 bits per heavy atom. The maximum atomic E-state index is 11.9. The summed E-state index contributed by atoms with van der Waals surface area (Å²) in [7, 11) is 0. The predicted molar refractivity (Wildman–Crippen MR) is 94.9 cm³/mol. The Labute approximate surface area is 154 Å².